The third kappa shape index (κ3) is 2.32. The number of nitrogens with two attached hydrogens (primary N) is 1. The number of aromatic amines is 1. The van der Waals surface area contributed by atoms with E-state index in [1.165, 1.54) is 0 Å². The van der Waals surface area contributed by atoms with Crippen molar-refractivity contribution in [2.45, 2.75) is 19.8 Å². The summed E-state index contributed by atoms with van der Waals surface area (Å²) in [6, 6.07) is 1.86. The molecule has 0 bridgehead atoms. The van der Waals surface area contributed by atoms with Crippen molar-refractivity contribution in [3.05, 3.63) is 23.0 Å². The number of aryl methyl sites for hydroxylation is 2. The van der Waals surface area contributed by atoms with Crippen molar-refractivity contribution in [3.63, 3.8) is 0 Å². The Bertz CT molecular complexity index is 305. The van der Waals surface area contributed by atoms with Crippen LogP contribution in [0.2, 0.25) is 0 Å². The van der Waals surface area contributed by atoms with Crippen molar-refractivity contribution in [1.29, 1.82) is 0 Å². The van der Waals surface area contributed by atoms with Gasteiger partial charge < -0.3 is 15.8 Å². The predicted octanol–water partition coefficient (Wildman–Crippen LogP) is 0.913. The molecule has 0 spiro atoms. The Kier molecular flexibility index (Phi) is 3.08. The molecule has 4 heteroatoms. The van der Waals surface area contributed by atoms with E-state index >= 15 is 0 Å². The first-order valence-electron chi connectivity index (χ1n) is 4.27. The number of carboxylic acids is 1. The normalized spacial score (nSPS) is 10.3. The molecule has 1 rings (SSSR count). The van der Waals surface area contributed by atoms with Gasteiger partial charge in [-0.05, 0) is 37.9 Å². The molecule has 0 saturated heterocycles. The Hall–Kier alpha value is -1.29. The molecular formula is C9H14N2O2. The molecule has 1 heterocycles. The minimum absolute atomic E-state index is 0.284. The minimum atomic E-state index is -0.906. The summed E-state index contributed by atoms with van der Waals surface area (Å²) in [5.74, 6) is -0.906. The highest BCUT2D eigenvalue weighted by molar-refractivity contribution is 5.87. The summed E-state index contributed by atoms with van der Waals surface area (Å²) in [7, 11) is 0. The quantitative estimate of drug-likeness (QED) is 0.647. The second-order valence-electron chi connectivity index (χ2n) is 3.05. The van der Waals surface area contributed by atoms with Crippen LogP contribution < -0.4 is 5.73 Å². The molecule has 0 aliphatic carbocycles. The monoisotopic (exact) mass is 182 g/mol. The van der Waals surface area contributed by atoms with Crippen LogP contribution in [0.1, 0.15) is 28.2 Å². The van der Waals surface area contributed by atoms with Crippen molar-refractivity contribution < 1.29 is 9.90 Å². The van der Waals surface area contributed by atoms with Crippen LogP contribution in [0.3, 0.4) is 0 Å². The second kappa shape index (κ2) is 4.09. The number of hydrogen-bond acceptors (Lipinski definition) is 2. The van der Waals surface area contributed by atoms with Crippen LogP contribution in [0, 0.1) is 6.92 Å². The van der Waals surface area contributed by atoms with E-state index in [0.29, 0.717) is 6.54 Å². The Morgan fingerprint density at radius 1 is 1.69 bits per heavy atom. The number of aromatic nitrogens is 1. The van der Waals surface area contributed by atoms with Crippen LogP contribution in [0.25, 0.3) is 0 Å². The van der Waals surface area contributed by atoms with Gasteiger partial charge in [0.05, 0.1) is 0 Å². The largest absolute Gasteiger partial charge is 0.477 e. The lowest BCUT2D eigenvalue weighted by Gasteiger charge is -1.93. The van der Waals surface area contributed by atoms with E-state index in [1.54, 1.807) is 6.92 Å². The number of carbonyl (C=O) groups is 1. The highest BCUT2D eigenvalue weighted by Gasteiger charge is 2.10. The first-order chi connectivity index (χ1) is 6.15. The first-order valence-corrected chi connectivity index (χ1v) is 4.27. The summed E-state index contributed by atoms with van der Waals surface area (Å²) in [6.07, 6.45) is 1.68. The maximum Gasteiger partial charge on any atom is 0.352 e. The summed E-state index contributed by atoms with van der Waals surface area (Å²) in [4.78, 5) is 13.5. The zero-order valence-electron chi connectivity index (χ0n) is 7.63. The third-order valence-electron chi connectivity index (χ3n) is 1.93. The lowest BCUT2D eigenvalue weighted by Crippen LogP contribution is -2.01. The number of nitrogens with one attached hydrogen (secondary N) is 1. The summed E-state index contributed by atoms with van der Waals surface area (Å²) in [6.45, 7) is 2.41. The van der Waals surface area contributed by atoms with E-state index in [1.807, 2.05) is 6.07 Å². The van der Waals surface area contributed by atoms with E-state index in [0.717, 1.165) is 24.1 Å². The maximum absolute atomic E-state index is 10.7. The Morgan fingerprint density at radius 3 is 2.85 bits per heavy atom. The van der Waals surface area contributed by atoms with Gasteiger partial charge in [-0.2, -0.15) is 0 Å². The maximum atomic E-state index is 10.7. The molecule has 4 nitrogen and oxygen atoms in total. The van der Waals surface area contributed by atoms with Crippen molar-refractivity contribution in [2.75, 3.05) is 6.54 Å². The molecule has 0 fully saturated rings. The molecule has 0 radical (unpaired) electrons. The number of aromatic carboxylic acids is 1. The van der Waals surface area contributed by atoms with Crippen molar-refractivity contribution in [1.82, 2.24) is 4.98 Å². The molecule has 4 N–H and O–H groups in total. The third-order valence-corrected chi connectivity index (χ3v) is 1.93. The highest BCUT2D eigenvalue weighted by atomic mass is 16.4. The summed E-state index contributed by atoms with van der Waals surface area (Å²) in [5, 5.41) is 8.75. The smallest absolute Gasteiger partial charge is 0.352 e. The average molecular weight is 182 g/mol. The topological polar surface area (TPSA) is 79.1 Å². The fourth-order valence-corrected chi connectivity index (χ4v) is 1.28. The van der Waals surface area contributed by atoms with E-state index < -0.39 is 5.97 Å². The molecule has 0 saturated carbocycles. The lowest BCUT2D eigenvalue weighted by molar-refractivity contribution is 0.0690. The standard InChI is InChI=1S/C9H14N2O2/c1-6-5-7(3-2-4-10)11-8(6)9(12)13/h5,11H,2-4,10H2,1H3,(H,12,13). The molecule has 0 aliphatic rings. The molecule has 1 aromatic heterocycles. The van der Waals surface area contributed by atoms with Gasteiger partial charge in [-0.3, -0.25) is 0 Å². The number of hydrogen-bond donors (Lipinski definition) is 3. The van der Waals surface area contributed by atoms with Crippen LogP contribution in [-0.4, -0.2) is 22.6 Å². The van der Waals surface area contributed by atoms with Gasteiger partial charge in [0, 0.05) is 5.69 Å². The average Bonchev–Trinajstić information content (AvgIpc) is 2.43. The Labute approximate surface area is 76.8 Å². The zero-order valence-corrected chi connectivity index (χ0v) is 7.63. The van der Waals surface area contributed by atoms with E-state index in [9.17, 15) is 4.79 Å². The van der Waals surface area contributed by atoms with Crippen LogP contribution in [0.5, 0.6) is 0 Å². The highest BCUT2D eigenvalue weighted by Crippen LogP contribution is 2.10. The molecule has 0 amide bonds. The fourth-order valence-electron chi connectivity index (χ4n) is 1.28. The number of carboxylic acid groups (broad SMARTS) is 1. The summed E-state index contributed by atoms with van der Waals surface area (Å²) in [5.41, 5.74) is 7.36. The zero-order chi connectivity index (χ0) is 9.84. The number of H-pyrrole nitrogens is 1. The van der Waals surface area contributed by atoms with Crippen molar-refractivity contribution >= 4 is 5.97 Å². The van der Waals surface area contributed by atoms with Crippen LogP contribution >= 0.6 is 0 Å². The SMILES string of the molecule is Cc1cc(CCCN)[nH]c1C(=O)O. The van der Waals surface area contributed by atoms with Gasteiger partial charge >= 0.3 is 5.97 Å². The molecular weight excluding hydrogens is 168 g/mol. The van der Waals surface area contributed by atoms with Gasteiger partial charge in [0.15, 0.2) is 0 Å². The van der Waals surface area contributed by atoms with E-state index in [2.05, 4.69) is 4.98 Å². The van der Waals surface area contributed by atoms with E-state index in [-0.39, 0.29) is 5.69 Å². The van der Waals surface area contributed by atoms with Crippen molar-refractivity contribution in [3.8, 4) is 0 Å². The van der Waals surface area contributed by atoms with Gasteiger partial charge in [-0.15, -0.1) is 0 Å². The summed E-state index contributed by atoms with van der Waals surface area (Å²) >= 11 is 0. The Balaban J connectivity index is 2.76. The molecule has 1 aromatic rings. The van der Waals surface area contributed by atoms with Gasteiger partial charge in [-0.25, -0.2) is 4.79 Å². The predicted molar refractivity (Wildman–Crippen MR) is 49.9 cm³/mol. The fraction of sp³-hybridized carbons (Fsp3) is 0.444. The van der Waals surface area contributed by atoms with Crippen LogP contribution in [0.15, 0.2) is 6.07 Å². The second-order valence-corrected chi connectivity index (χ2v) is 3.05. The Morgan fingerprint density at radius 2 is 2.38 bits per heavy atom. The minimum Gasteiger partial charge on any atom is -0.477 e. The summed E-state index contributed by atoms with van der Waals surface area (Å²) < 4.78 is 0. The molecule has 0 unspecified atom stereocenters. The number of rotatable bonds is 4. The van der Waals surface area contributed by atoms with E-state index in [4.69, 9.17) is 10.8 Å². The van der Waals surface area contributed by atoms with Gasteiger partial charge in [0.2, 0.25) is 0 Å². The lowest BCUT2D eigenvalue weighted by atomic mass is 10.2. The molecule has 0 aromatic carbocycles. The first kappa shape index (κ1) is 9.80. The van der Waals surface area contributed by atoms with Gasteiger partial charge in [-0.1, -0.05) is 0 Å². The van der Waals surface area contributed by atoms with Gasteiger partial charge in [0.25, 0.3) is 0 Å². The van der Waals surface area contributed by atoms with Crippen LogP contribution in [0.4, 0.5) is 0 Å². The molecule has 0 atom stereocenters. The molecule has 13 heavy (non-hydrogen) atoms. The molecule has 0 aliphatic heterocycles. The molecule has 72 valence electrons. The van der Waals surface area contributed by atoms with Crippen molar-refractivity contribution in [2.24, 2.45) is 5.73 Å². The van der Waals surface area contributed by atoms with Crippen LogP contribution in [-0.2, 0) is 6.42 Å². The van der Waals surface area contributed by atoms with Gasteiger partial charge in [0.1, 0.15) is 5.69 Å².